The molecule has 4 aromatic heterocycles. The predicted molar refractivity (Wildman–Crippen MR) is 146 cm³/mol. The number of anilines is 1. The minimum atomic E-state index is -0.249. The Labute approximate surface area is 212 Å². The highest BCUT2D eigenvalue weighted by molar-refractivity contribution is 7.22. The molecule has 0 saturated heterocycles. The molecule has 0 spiro atoms. The van der Waals surface area contributed by atoms with Crippen LogP contribution in [0, 0.1) is 0 Å². The zero-order valence-electron chi connectivity index (χ0n) is 18.6. The van der Waals surface area contributed by atoms with E-state index < -0.39 is 0 Å². The number of carbonyl (C=O) groups excluding carboxylic acids is 1. The van der Waals surface area contributed by atoms with E-state index in [1.54, 1.807) is 29.7 Å². The van der Waals surface area contributed by atoms with Crippen LogP contribution in [-0.4, -0.2) is 20.9 Å². The standard InChI is InChI=1S/C28H16N4O2S2/c33-27(32-28-31-21-4-1-2-6-26(21)36-28)19-14-22(24-5-3-11-34-24)30-20-9-7-16(12-18(19)20)17-8-10-25-23(13-17)29-15-35-25/h1-15H,(H,31,32,33). The normalized spacial score (nSPS) is 11.4. The summed E-state index contributed by atoms with van der Waals surface area (Å²) in [6.07, 6.45) is 1.60. The van der Waals surface area contributed by atoms with Crippen molar-refractivity contribution < 1.29 is 9.21 Å². The molecule has 7 rings (SSSR count). The molecule has 172 valence electrons. The fourth-order valence-electron chi connectivity index (χ4n) is 4.27. The molecule has 6 nitrogen and oxygen atoms in total. The number of fused-ring (bicyclic) bond motifs is 3. The lowest BCUT2D eigenvalue weighted by Crippen LogP contribution is -2.13. The molecule has 0 bridgehead atoms. The minimum absolute atomic E-state index is 0.249. The van der Waals surface area contributed by atoms with Crippen molar-refractivity contribution in [2.75, 3.05) is 5.32 Å². The van der Waals surface area contributed by atoms with Crippen molar-refractivity contribution in [3.8, 4) is 22.6 Å². The second-order valence-electron chi connectivity index (χ2n) is 8.24. The van der Waals surface area contributed by atoms with Gasteiger partial charge in [-0.05, 0) is 65.7 Å². The Morgan fingerprint density at radius 3 is 2.58 bits per heavy atom. The van der Waals surface area contributed by atoms with E-state index in [0.717, 1.165) is 36.9 Å². The zero-order valence-corrected chi connectivity index (χ0v) is 20.3. The Morgan fingerprint density at radius 2 is 1.69 bits per heavy atom. The van der Waals surface area contributed by atoms with Gasteiger partial charge in [-0.25, -0.2) is 15.0 Å². The van der Waals surface area contributed by atoms with Crippen molar-refractivity contribution in [2.24, 2.45) is 0 Å². The summed E-state index contributed by atoms with van der Waals surface area (Å²) >= 11 is 3.06. The lowest BCUT2D eigenvalue weighted by Gasteiger charge is -2.11. The maximum absolute atomic E-state index is 13.6. The number of furan rings is 1. The summed E-state index contributed by atoms with van der Waals surface area (Å²) in [6, 6.07) is 25.4. The van der Waals surface area contributed by atoms with Gasteiger partial charge in [-0.3, -0.25) is 10.1 Å². The summed E-state index contributed by atoms with van der Waals surface area (Å²) in [4.78, 5) is 27.4. The third-order valence-electron chi connectivity index (χ3n) is 6.01. The van der Waals surface area contributed by atoms with E-state index in [9.17, 15) is 4.79 Å². The van der Waals surface area contributed by atoms with E-state index in [0.29, 0.717) is 27.7 Å². The molecule has 4 heterocycles. The van der Waals surface area contributed by atoms with Crippen molar-refractivity contribution in [1.29, 1.82) is 0 Å². The number of hydrogen-bond acceptors (Lipinski definition) is 7. The van der Waals surface area contributed by atoms with Crippen molar-refractivity contribution >= 4 is 65.0 Å². The Hall–Kier alpha value is -4.40. The molecule has 0 atom stereocenters. The lowest BCUT2D eigenvalue weighted by molar-refractivity contribution is 0.102. The SMILES string of the molecule is O=C(Nc1nc2ccccc2s1)c1cc(-c2ccco2)nc2ccc(-c3ccc4scnc4c3)cc12. The smallest absolute Gasteiger partial charge is 0.258 e. The molecule has 7 aromatic rings. The summed E-state index contributed by atoms with van der Waals surface area (Å²) in [6.45, 7) is 0. The highest BCUT2D eigenvalue weighted by atomic mass is 32.1. The number of hydrogen-bond donors (Lipinski definition) is 1. The fraction of sp³-hybridized carbons (Fsp3) is 0. The van der Waals surface area contributed by atoms with Crippen molar-refractivity contribution in [3.05, 3.63) is 96.2 Å². The maximum Gasteiger partial charge on any atom is 0.258 e. The predicted octanol–water partition coefficient (Wildman–Crippen LogP) is 7.63. The van der Waals surface area contributed by atoms with E-state index in [2.05, 4.69) is 33.5 Å². The molecule has 0 unspecified atom stereocenters. The molecule has 0 aliphatic rings. The van der Waals surface area contributed by atoms with E-state index >= 15 is 0 Å². The monoisotopic (exact) mass is 504 g/mol. The van der Waals surface area contributed by atoms with Crippen LogP contribution in [0.3, 0.4) is 0 Å². The number of aromatic nitrogens is 3. The number of amides is 1. The topological polar surface area (TPSA) is 80.9 Å². The van der Waals surface area contributed by atoms with E-state index in [1.165, 1.54) is 11.3 Å². The molecular formula is C28H16N4O2S2. The first-order valence-corrected chi connectivity index (χ1v) is 12.9. The number of para-hydroxylation sites is 1. The maximum atomic E-state index is 13.6. The van der Waals surface area contributed by atoms with Crippen LogP contribution >= 0.6 is 22.7 Å². The van der Waals surface area contributed by atoms with Crippen LogP contribution in [0.4, 0.5) is 5.13 Å². The summed E-state index contributed by atoms with van der Waals surface area (Å²) < 4.78 is 7.73. The lowest BCUT2D eigenvalue weighted by atomic mass is 9.99. The average Bonchev–Trinajstić information content (AvgIpc) is 3.67. The van der Waals surface area contributed by atoms with Crippen LogP contribution in [0.1, 0.15) is 10.4 Å². The van der Waals surface area contributed by atoms with Crippen molar-refractivity contribution in [2.45, 2.75) is 0 Å². The molecule has 3 aromatic carbocycles. The van der Waals surface area contributed by atoms with Gasteiger partial charge in [-0.15, -0.1) is 11.3 Å². The molecular weight excluding hydrogens is 488 g/mol. The van der Waals surface area contributed by atoms with E-state index in [4.69, 9.17) is 9.40 Å². The molecule has 0 fully saturated rings. The molecule has 1 N–H and O–H groups in total. The Bertz CT molecular complexity index is 1870. The number of nitrogens with zero attached hydrogens (tertiary/aromatic N) is 3. The summed E-state index contributed by atoms with van der Waals surface area (Å²) in [7, 11) is 0. The zero-order chi connectivity index (χ0) is 24.1. The first kappa shape index (κ1) is 20.9. The first-order chi connectivity index (χ1) is 17.7. The number of thiazole rings is 2. The summed E-state index contributed by atoms with van der Waals surface area (Å²) in [5.41, 5.74) is 7.48. The van der Waals surface area contributed by atoms with Gasteiger partial charge in [-0.1, -0.05) is 35.6 Å². The Balaban J connectivity index is 1.36. The molecule has 0 aliphatic carbocycles. The Kier molecular flexibility index (Phi) is 4.87. The van der Waals surface area contributed by atoms with E-state index in [1.807, 2.05) is 54.0 Å². The number of pyridine rings is 1. The van der Waals surface area contributed by atoms with Crippen LogP contribution in [0.25, 0.3) is 53.9 Å². The molecule has 0 saturated carbocycles. The quantitative estimate of drug-likeness (QED) is 0.266. The second-order valence-corrected chi connectivity index (χ2v) is 10.2. The van der Waals surface area contributed by atoms with Crippen LogP contribution in [0.15, 0.2) is 95.1 Å². The first-order valence-electron chi connectivity index (χ1n) is 11.2. The third kappa shape index (κ3) is 3.64. The van der Waals surface area contributed by atoms with Crippen LogP contribution < -0.4 is 5.32 Å². The molecule has 0 aliphatic heterocycles. The van der Waals surface area contributed by atoms with Gasteiger partial charge in [0.05, 0.1) is 43.3 Å². The summed E-state index contributed by atoms with van der Waals surface area (Å²) in [5.74, 6) is 0.352. The van der Waals surface area contributed by atoms with Gasteiger partial charge in [0.25, 0.3) is 5.91 Å². The Morgan fingerprint density at radius 1 is 0.806 bits per heavy atom. The molecule has 1 amide bonds. The molecule has 36 heavy (non-hydrogen) atoms. The van der Waals surface area contributed by atoms with Gasteiger partial charge in [0.1, 0.15) is 5.69 Å². The van der Waals surface area contributed by atoms with Gasteiger partial charge >= 0.3 is 0 Å². The van der Waals surface area contributed by atoms with Gasteiger partial charge in [-0.2, -0.15) is 0 Å². The highest BCUT2D eigenvalue weighted by Crippen LogP contribution is 2.32. The number of carbonyl (C=O) groups is 1. The van der Waals surface area contributed by atoms with Gasteiger partial charge in [0, 0.05) is 5.39 Å². The van der Waals surface area contributed by atoms with Crippen molar-refractivity contribution in [1.82, 2.24) is 15.0 Å². The largest absolute Gasteiger partial charge is 0.463 e. The summed E-state index contributed by atoms with van der Waals surface area (Å²) in [5, 5.41) is 4.30. The third-order valence-corrected chi connectivity index (χ3v) is 7.77. The number of nitrogens with one attached hydrogen (secondary N) is 1. The van der Waals surface area contributed by atoms with Crippen LogP contribution in [-0.2, 0) is 0 Å². The van der Waals surface area contributed by atoms with Crippen molar-refractivity contribution in [3.63, 3.8) is 0 Å². The highest BCUT2D eigenvalue weighted by Gasteiger charge is 2.18. The number of benzene rings is 3. The number of rotatable bonds is 4. The van der Waals surface area contributed by atoms with Gasteiger partial charge in [0.2, 0.25) is 0 Å². The molecule has 0 radical (unpaired) electrons. The average molecular weight is 505 g/mol. The van der Waals surface area contributed by atoms with Gasteiger partial charge < -0.3 is 4.42 Å². The second kappa shape index (κ2) is 8.37. The fourth-order valence-corrected chi connectivity index (χ4v) is 5.79. The van der Waals surface area contributed by atoms with E-state index in [-0.39, 0.29) is 5.91 Å². The minimum Gasteiger partial charge on any atom is -0.463 e. The van der Waals surface area contributed by atoms with Crippen LogP contribution in [0.5, 0.6) is 0 Å². The molecule has 8 heteroatoms. The van der Waals surface area contributed by atoms with Gasteiger partial charge in [0.15, 0.2) is 10.9 Å². The van der Waals surface area contributed by atoms with Crippen LogP contribution in [0.2, 0.25) is 0 Å².